The average Bonchev–Trinajstić information content (AvgIpc) is 3.20. The summed E-state index contributed by atoms with van der Waals surface area (Å²) in [5.41, 5.74) is 5.84. The SMILES string of the molecule is CCCCCCCn1c(-c2ccccc2)nc(-c2ccccc2)c1-c1ccccc1.[NaH]. The van der Waals surface area contributed by atoms with Crippen molar-refractivity contribution in [3.8, 4) is 33.9 Å². The van der Waals surface area contributed by atoms with E-state index in [2.05, 4.69) is 102 Å². The van der Waals surface area contributed by atoms with Crippen LogP contribution in [0.2, 0.25) is 0 Å². The number of rotatable bonds is 9. The standard InChI is InChI=1S/C28H30N2.Na.H/c1-2-3-4-5-15-22-30-27(24-18-11-7-12-19-24)26(23-16-9-6-10-17-23)29-28(30)25-20-13-8-14-21-25;;/h6-14,16-21H,2-5,15,22H2,1H3;;. The van der Waals surface area contributed by atoms with E-state index in [4.69, 9.17) is 4.98 Å². The second kappa shape index (κ2) is 12.0. The number of nitrogens with zero attached hydrogens (tertiary/aromatic N) is 2. The first-order chi connectivity index (χ1) is 14.9. The molecule has 1 heterocycles. The van der Waals surface area contributed by atoms with Crippen molar-refractivity contribution in [3.63, 3.8) is 0 Å². The summed E-state index contributed by atoms with van der Waals surface area (Å²) in [6.45, 7) is 3.25. The van der Waals surface area contributed by atoms with Crippen molar-refractivity contribution in [2.24, 2.45) is 0 Å². The van der Waals surface area contributed by atoms with Gasteiger partial charge in [-0.25, -0.2) is 4.98 Å². The van der Waals surface area contributed by atoms with Crippen molar-refractivity contribution in [2.45, 2.75) is 45.6 Å². The molecule has 0 spiro atoms. The molecule has 0 unspecified atom stereocenters. The van der Waals surface area contributed by atoms with Crippen molar-refractivity contribution >= 4 is 29.6 Å². The summed E-state index contributed by atoms with van der Waals surface area (Å²) in [7, 11) is 0. The van der Waals surface area contributed by atoms with Crippen LogP contribution in [0.25, 0.3) is 33.9 Å². The Labute approximate surface area is 208 Å². The summed E-state index contributed by atoms with van der Waals surface area (Å²) >= 11 is 0. The zero-order chi connectivity index (χ0) is 20.6. The predicted octanol–water partition coefficient (Wildman–Crippen LogP) is 7.21. The Morgan fingerprint density at radius 3 is 1.71 bits per heavy atom. The first-order valence-electron chi connectivity index (χ1n) is 11.1. The molecule has 2 nitrogen and oxygen atoms in total. The first-order valence-corrected chi connectivity index (χ1v) is 11.1. The van der Waals surface area contributed by atoms with E-state index in [0.717, 1.165) is 18.1 Å². The Morgan fingerprint density at radius 1 is 0.613 bits per heavy atom. The zero-order valence-electron chi connectivity index (χ0n) is 17.8. The van der Waals surface area contributed by atoms with Gasteiger partial charge in [-0.3, -0.25) is 0 Å². The molecule has 4 aromatic rings. The number of unbranched alkanes of at least 4 members (excludes halogenated alkanes) is 4. The van der Waals surface area contributed by atoms with Crippen molar-refractivity contribution in [2.75, 3.05) is 0 Å². The molecule has 0 saturated carbocycles. The summed E-state index contributed by atoms with van der Waals surface area (Å²) in [4.78, 5) is 5.21. The second-order valence-corrected chi connectivity index (χ2v) is 7.80. The number of imidazole rings is 1. The third kappa shape index (κ3) is 5.77. The van der Waals surface area contributed by atoms with Crippen LogP contribution in [0.15, 0.2) is 91.0 Å². The van der Waals surface area contributed by atoms with Crippen molar-refractivity contribution < 1.29 is 0 Å². The van der Waals surface area contributed by atoms with Crippen LogP contribution in [-0.4, -0.2) is 39.1 Å². The third-order valence-corrected chi connectivity index (χ3v) is 5.58. The van der Waals surface area contributed by atoms with E-state index < -0.39 is 0 Å². The monoisotopic (exact) mass is 418 g/mol. The molecule has 3 heteroatoms. The van der Waals surface area contributed by atoms with Gasteiger partial charge in [-0.1, -0.05) is 124 Å². The van der Waals surface area contributed by atoms with E-state index in [9.17, 15) is 0 Å². The summed E-state index contributed by atoms with van der Waals surface area (Å²) in [5.74, 6) is 1.06. The van der Waals surface area contributed by atoms with Crippen LogP contribution in [-0.2, 0) is 6.54 Å². The van der Waals surface area contributed by atoms with Gasteiger partial charge in [0.1, 0.15) is 5.82 Å². The van der Waals surface area contributed by atoms with Crippen molar-refractivity contribution in [1.29, 1.82) is 0 Å². The van der Waals surface area contributed by atoms with Gasteiger partial charge in [-0.2, -0.15) is 0 Å². The molecule has 0 bridgehead atoms. The Bertz CT molecular complexity index is 1040. The molecule has 0 atom stereocenters. The molecule has 1 aromatic heterocycles. The molecular weight excluding hydrogens is 387 g/mol. The van der Waals surface area contributed by atoms with Crippen LogP contribution in [0.5, 0.6) is 0 Å². The molecule has 0 amide bonds. The maximum atomic E-state index is 5.21. The van der Waals surface area contributed by atoms with Gasteiger partial charge in [0.25, 0.3) is 0 Å². The number of hydrogen-bond donors (Lipinski definition) is 0. The normalized spacial score (nSPS) is 10.6. The molecular formula is C28H31N2Na. The minimum atomic E-state index is 0. The van der Waals surface area contributed by atoms with Gasteiger partial charge in [0.2, 0.25) is 0 Å². The Balaban J connectivity index is 0.00000272. The van der Waals surface area contributed by atoms with Crippen LogP contribution >= 0.6 is 0 Å². The van der Waals surface area contributed by atoms with E-state index >= 15 is 0 Å². The second-order valence-electron chi connectivity index (χ2n) is 7.80. The van der Waals surface area contributed by atoms with Gasteiger partial charge >= 0.3 is 29.6 Å². The topological polar surface area (TPSA) is 17.8 Å². The summed E-state index contributed by atoms with van der Waals surface area (Å²) < 4.78 is 2.44. The fourth-order valence-electron chi connectivity index (χ4n) is 4.04. The summed E-state index contributed by atoms with van der Waals surface area (Å²) in [5, 5.41) is 0. The molecule has 0 fully saturated rings. The number of aromatic nitrogens is 2. The van der Waals surface area contributed by atoms with Gasteiger partial charge in [0, 0.05) is 23.2 Å². The van der Waals surface area contributed by atoms with Gasteiger partial charge in [0.15, 0.2) is 0 Å². The van der Waals surface area contributed by atoms with Crippen LogP contribution in [0, 0.1) is 0 Å². The molecule has 0 saturated heterocycles. The van der Waals surface area contributed by atoms with Crippen LogP contribution in [0.4, 0.5) is 0 Å². The Hall–Kier alpha value is -2.13. The Morgan fingerprint density at radius 2 is 1.13 bits per heavy atom. The third-order valence-electron chi connectivity index (χ3n) is 5.58. The predicted molar refractivity (Wildman–Crippen MR) is 134 cm³/mol. The van der Waals surface area contributed by atoms with E-state index in [-0.39, 0.29) is 29.6 Å². The van der Waals surface area contributed by atoms with Gasteiger partial charge < -0.3 is 4.57 Å². The van der Waals surface area contributed by atoms with Crippen LogP contribution < -0.4 is 0 Å². The van der Waals surface area contributed by atoms with E-state index in [1.54, 1.807) is 0 Å². The first kappa shape index (κ1) is 23.5. The molecule has 4 rings (SSSR count). The molecule has 0 aliphatic heterocycles. The molecule has 3 aromatic carbocycles. The van der Waals surface area contributed by atoms with Crippen LogP contribution in [0.3, 0.4) is 0 Å². The van der Waals surface area contributed by atoms with E-state index in [1.165, 1.54) is 54.5 Å². The molecule has 31 heavy (non-hydrogen) atoms. The molecule has 0 N–H and O–H groups in total. The minimum absolute atomic E-state index is 0. The molecule has 0 radical (unpaired) electrons. The molecule has 154 valence electrons. The van der Waals surface area contributed by atoms with E-state index in [0.29, 0.717) is 0 Å². The Kier molecular flexibility index (Phi) is 9.14. The van der Waals surface area contributed by atoms with Gasteiger partial charge in [-0.05, 0) is 6.42 Å². The number of benzene rings is 3. The van der Waals surface area contributed by atoms with Crippen molar-refractivity contribution in [3.05, 3.63) is 91.0 Å². The van der Waals surface area contributed by atoms with Crippen LogP contribution in [0.1, 0.15) is 39.0 Å². The zero-order valence-corrected chi connectivity index (χ0v) is 17.8. The quantitative estimate of drug-likeness (QED) is 0.207. The fraction of sp³-hybridized carbons (Fsp3) is 0.250. The number of hydrogen-bond acceptors (Lipinski definition) is 1. The average molecular weight is 419 g/mol. The molecule has 0 aliphatic rings. The fourth-order valence-corrected chi connectivity index (χ4v) is 4.04. The maximum absolute atomic E-state index is 5.21. The van der Waals surface area contributed by atoms with Gasteiger partial charge in [-0.15, -0.1) is 0 Å². The summed E-state index contributed by atoms with van der Waals surface area (Å²) in [6.07, 6.45) is 6.32. The van der Waals surface area contributed by atoms with Crippen molar-refractivity contribution in [1.82, 2.24) is 9.55 Å². The molecule has 0 aliphatic carbocycles. The van der Waals surface area contributed by atoms with Gasteiger partial charge in [0.05, 0.1) is 11.4 Å². The summed E-state index contributed by atoms with van der Waals surface area (Å²) in [6, 6.07) is 31.9. The van der Waals surface area contributed by atoms with E-state index in [1.807, 2.05) is 0 Å².